The normalized spacial score (nSPS) is 17.2. The number of methoxy groups -OCH3 is 1. The molecule has 0 saturated carbocycles. The van der Waals surface area contributed by atoms with Crippen molar-refractivity contribution in [3.8, 4) is 5.75 Å². The summed E-state index contributed by atoms with van der Waals surface area (Å²) in [6.07, 6.45) is 4.40. The minimum Gasteiger partial charge on any atom is -0.491 e. The Morgan fingerprint density at radius 3 is 2.77 bits per heavy atom. The van der Waals surface area contributed by atoms with Crippen LogP contribution in [0.1, 0.15) is 18.4 Å². The average molecular weight is 358 g/mol. The van der Waals surface area contributed by atoms with Crippen molar-refractivity contribution in [2.24, 2.45) is 5.92 Å². The summed E-state index contributed by atoms with van der Waals surface area (Å²) in [6.45, 7) is 1.38. The van der Waals surface area contributed by atoms with Crippen LogP contribution in [-0.4, -0.2) is 35.6 Å². The number of halogens is 1. The fraction of sp³-hybridized carbons (Fsp3) is 0.400. The van der Waals surface area contributed by atoms with Gasteiger partial charge in [0.1, 0.15) is 12.4 Å². The van der Waals surface area contributed by atoms with E-state index in [2.05, 4.69) is 0 Å². The number of ether oxygens (including phenoxy) is 1. The Balaban J connectivity index is 1.63. The van der Waals surface area contributed by atoms with Crippen LogP contribution < -0.4 is 10.3 Å². The monoisotopic (exact) mass is 358 g/mol. The van der Waals surface area contributed by atoms with E-state index < -0.39 is 0 Å². The van der Waals surface area contributed by atoms with Crippen LogP contribution in [0.2, 0.25) is 0 Å². The molecule has 0 N–H and O–H groups in total. The lowest BCUT2D eigenvalue weighted by molar-refractivity contribution is -0.133. The van der Waals surface area contributed by atoms with Gasteiger partial charge in [0.05, 0.1) is 7.11 Å². The first-order chi connectivity index (χ1) is 12.6. The Kier molecular flexibility index (Phi) is 5.71. The molecule has 1 aromatic carbocycles. The van der Waals surface area contributed by atoms with Crippen LogP contribution >= 0.6 is 0 Å². The summed E-state index contributed by atoms with van der Waals surface area (Å²) in [5, 5.41) is 0. The number of benzene rings is 1. The second-order valence-corrected chi connectivity index (χ2v) is 6.69. The van der Waals surface area contributed by atoms with Gasteiger partial charge in [0, 0.05) is 19.3 Å². The lowest BCUT2D eigenvalue weighted by Gasteiger charge is -2.33. The van der Waals surface area contributed by atoms with Crippen LogP contribution in [0.4, 0.5) is 4.39 Å². The number of carbonyl (C=O) groups excluding carboxylic acids is 1. The van der Waals surface area contributed by atoms with Gasteiger partial charge in [0.15, 0.2) is 5.75 Å². The summed E-state index contributed by atoms with van der Waals surface area (Å²) in [5.41, 5.74) is 0.776. The number of piperidine rings is 1. The van der Waals surface area contributed by atoms with E-state index in [1.807, 2.05) is 4.90 Å². The van der Waals surface area contributed by atoms with E-state index in [4.69, 9.17) is 4.74 Å². The van der Waals surface area contributed by atoms with Crippen molar-refractivity contribution in [2.75, 3.05) is 20.2 Å². The molecule has 1 amide bonds. The molecule has 0 unspecified atom stereocenters. The Morgan fingerprint density at radius 1 is 1.27 bits per heavy atom. The third-order valence-electron chi connectivity index (χ3n) is 4.82. The molecule has 0 radical (unpaired) electrons. The maximum atomic E-state index is 13.0. The standard InChI is InChI=1S/C20H23FN2O3/c1-26-18-5-3-11-23(20(18)25)14-19(24)22-10-2-4-16(13-22)12-15-6-8-17(21)9-7-15/h3,5-9,11,16H,2,4,10,12-14H2,1H3/t16-/m1/s1. The number of hydrogen-bond acceptors (Lipinski definition) is 3. The highest BCUT2D eigenvalue weighted by Gasteiger charge is 2.24. The van der Waals surface area contributed by atoms with Gasteiger partial charge >= 0.3 is 0 Å². The van der Waals surface area contributed by atoms with Crippen LogP contribution in [0.5, 0.6) is 5.75 Å². The quantitative estimate of drug-likeness (QED) is 0.825. The predicted octanol–water partition coefficient (Wildman–Crippen LogP) is 2.48. The summed E-state index contributed by atoms with van der Waals surface area (Å²) in [7, 11) is 1.44. The third kappa shape index (κ3) is 4.31. The molecule has 0 spiro atoms. The molecule has 2 aromatic rings. The molecular formula is C20H23FN2O3. The van der Waals surface area contributed by atoms with Gasteiger partial charge in [-0.05, 0) is 55.0 Å². The van der Waals surface area contributed by atoms with E-state index in [0.29, 0.717) is 19.0 Å². The van der Waals surface area contributed by atoms with E-state index in [-0.39, 0.29) is 29.6 Å². The summed E-state index contributed by atoms with van der Waals surface area (Å²) >= 11 is 0. The van der Waals surface area contributed by atoms with Crippen molar-refractivity contribution >= 4 is 5.91 Å². The fourth-order valence-electron chi connectivity index (χ4n) is 3.45. The Bertz CT molecular complexity index is 817. The van der Waals surface area contributed by atoms with Gasteiger partial charge in [-0.1, -0.05) is 12.1 Å². The zero-order chi connectivity index (χ0) is 18.5. The molecule has 138 valence electrons. The maximum Gasteiger partial charge on any atom is 0.293 e. The largest absolute Gasteiger partial charge is 0.491 e. The fourth-order valence-corrected chi connectivity index (χ4v) is 3.45. The van der Waals surface area contributed by atoms with E-state index in [1.54, 1.807) is 30.5 Å². The molecule has 1 fully saturated rings. The molecule has 6 heteroatoms. The Labute approximate surface area is 152 Å². The summed E-state index contributed by atoms with van der Waals surface area (Å²) in [6, 6.07) is 9.81. The summed E-state index contributed by atoms with van der Waals surface area (Å²) < 4.78 is 19.4. The van der Waals surface area contributed by atoms with Crippen molar-refractivity contribution in [1.29, 1.82) is 0 Å². The van der Waals surface area contributed by atoms with Gasteiger partial charge in [0.25, 0.3) is 5.56 Å². The molecule has 3 rings (SSSR count). The van der Waals surface area contributed by atoms with Crippen LogP contribution in [0.15, 0.2) is 47.4 Å². The molecule has 1 aliphatic heterocycles. The lowest BCUT2D eigenvalue weighted by atomic mass is 9.91. The first-order valence-electron chi connectivity index (χ1n) is 8.82. The van der Waals surface area contributed by atoms with Gasteiger partial charge in [0.2, 0.25) is 5.91 Å². The van der Waals surface area contributed by atoms with Crippen LogP contribution in [0.3, 0.4) is 0 Å². The molecule has 2 heterocycles. The van der Waals surface area contributed by atoms with Gasteiger partial charge in [-0.15, -0.1) is 0 Å². The Morgan fingerprint density at radius 2 is 2.04 bits per heavy atom. The molecular weight excluding hydrogens is 335 g/mol. The number of likely N-dealkylation sites (tertiary alicyclic amines) is 1. The highest BCUT2D eigenvalue weighted by Crippen LogP contribution is 2.21. The number of hydrogen-bond donors (Lipinski definition) is 0. The molecule has 0 aliphatic carbocycles. The highest BCUT2D eigenvalue weighted by atomic mass is 19.1. The van der Waals surface area contributed by atoms with Crippen LogP contribution in [0.25, 0.3) is 0 Å². The van der Waals surface area contributed by atoms with E-state index in [9.17, 15) is 14.0 Å². The first-order valence-corrected chi connectivity index (χ1v) is 8.82. The van der Waals surface area contributed by atoms with Crippen molar-refractivity contribution in [3.05, 3.63) is 64.3 Å². The molecule has 1 aromatic heterocycles. The molecule has 1 atom stereocenters. The number of amides is 1. The Hall–Kier alpha value is -2.63. The SMILES string of the molecule is COc1cccn(CC(=O)N2CCC[C@H](Cc3ccc(F)cc3)C2)c1=O. The van der Waals surface area contributed by atoms with Crippen molar-refractivity contribution in [2.45, 2.75) is 25.8 Å². The van der Waals surface area contributed by atoms with E-state index in [1.165, 1.54) is 23.8 Å². The number of carbonyl (C=O) groups is 1. The van der Waals surface area contributed by atoms with Gasteiger partial charge in [-0.3, -0.25) is 9.59 Å². The first kappa shape index (κ1) is 18.2. The van der Waals surface area contributed by atoms with Gasteiger partial charge < -0.3 is 14.2 Å². The maximum absolute atomic E-state index is 13.0. The summed E-state index contributed by atoms with van der Waals surface area (Å²) in [5.74, 6) is 0.274. The lowest BCUT2D eigenvalue weighted by Crippen LogP contribution is -2.43. The second kappa shape index (κ2) is 8.17. The molecule has 1 saturated heterocycles. The smallest absolute Gasteiger partial charge is 0.293 e. The minimum absolute atomic E-state index is 0.0132. The molecule has 0 bridgehead atoms. The number of nitrogens with zero attached hydrogens (tertiary/aromatic N) is 2. The topological polar surface area (TPSA) is 51.5 Å². The van der Waals surface area contributed by atoms with Crippen molar-refractivity contribution in [3.63, 3.8) is 0 Å². The van der Waals surface area contributed by atoms with Gasteiger partial charge in [-0.2, -0.15) is 0 Å². The zero-order valence-corrected chi connectivity index (χ0v) is 14.9. The number of pyridine rings is 1. The molecule has 1 aliphatic rings. The predicted molar refractivity (Wildman–Crippen MR) is 96.7 cm³/mol. The van der Waals surface area contributed by atoms with Crippen molar-refractivity contribution < 1.29 is 13.9 Å². The highest BCUT2D eigenvalue weighted by molar-refractivity contribution is 5.76. The minimum atomic E-state index is -0.303. The second-order valence-electron chi connectivity index (χ2n) is 6.69. The van der Waals surface area contributed by atoms with E-state index in [0.717, 1.165) is 24.8 Å². The third-order valence-corrected chi connectivity index (χ3v) is 4.82. The van der Waals surface area contributed by atoms with Gasteiger partial charge in [-0.25, -0.2) is 4.39 Å². The number of rotatable bonds is 5. The molecule has 5 nitrogen and oxygen atoms in total. The average Bonchev–Trinajstić information content (AvgIpc) is 2.65. The van der Waals surface area contributed by atoms with Crippen molar-refractivity contribution in [1.82, 2.24) is 9.47 Å². The van der Waals surface area contributed by atoms with Crippen LogP contribution in [-0.2, 0) is 17.8 Å². The number of aromatic nitrogens is 1. The van der Waals surface area contributed by atoms with E-state index >= 15 is 0 Å². The summed E-state index contributed by atoms with van der Waals surface area (Å²) in [4.78, 5) is 26.6. The zero-order valence-electron chi connectivity index (χ0n) is 14.9. The van der Waals surface area contributed by atoms with Crippen LogP contribution in [0, 0.1) is 11.7 Å². The molecule has 26 heavy (non-hydrogen) atoms.